The fourth-order valence-electron chi connectivity index (χ4n) is 1.44. The lowest BCUT2D eigenvalue weighted by Gasteiger charge is -2.23. The molecule has 1 heterocycles. The normalized spacial score (nSPS) is 16.2. The van der Waals surface area contributed by atoms with Gasteiger partial charge in [0.25, 0.3) is 0 Å². The average molecular weight is 232 g/mol. The summed E-state index contributed by atoms with van der Waals surface area (Å²) in [6.07, 6.45) is -1.40. The molecule has 0 saturated heterocycles. The summed E-state index contributed by atoms with van der Waals surface area (Å²) in [6.45, 7) is -1.03. The molecule has 88 valence electrons. The molecule has 1 aromatic heterocycles. The van der Waals surface area contributed by atoms with E-state index in [9.17, 15) is 13.2 Å². The molecule has 0 radical (unpaired) electrons. The first kappa shape index (κ1) is 11.0. The van der Waals surface area contributed by atoms with Crippen molar-refractivity contribution in [3.8, 4) is 0 Å². The van der Waals surface area contributed by atoms with E-state index in [1.807, 2.05) is 0 Å². The van der Waals surface area contributed by atoms with Gasteiger partial charge in [-0.1, -0.05) is 0 Å². The van der Waals surface area contributed by atoms with Crippen LogP contribution in [0.5, 0.6) is 0 Å². The van der Waals surface area contributed by atoms with Crippen LogP contribution in [0.2, 0.25) is 0 Å². The molecule has 0 aromatic carbocycles. The highest BCUT2D eigenvalue weighted by molar-refractivity contribution is 5.40. The standard InChI is InChI=1S/C9H11F3N4/c10-9(11,12)5-16(6-1-2-6)8-14-4-3-7(13)15-8/h3-4,6H,1-2,5H2,(H2,13,14,15). The average Bonchev–Trinajstić information content (AvgIpc) is 2.96. The van der Waals surface area contributed by atoms with Gasteiger partial charge in [-0.25, -0.2) is 4.98 Å². The first-order valence-corrected chi connectivity index (χ1v) is 4.87. The Hall–Kier alpha value is -1.53. The van der Waals surface area contributed by atoms with Crippen LogP contribution in [0.25, 0.3) is 0 Å². The molecule has 0 unspecified atom stereocenters. The maximum absolute atomic E-state index is 12.4. The van der Waals surface area contributed by atoms with Gasteiger partial charge in [-0.15, -0.1) is 0 Å². The topological polar surface area (TPSA) is 55.0 Å². The number of alkyl halides is 3. The van der Waals surface area contributed by atoms with Crippen LogP contribution in [0, 0.1) is 0 Å². The minimum atomic E-state index is -4.25. The highest BCUT2D eigenvalue weighted by Gasteiger charge is 2.39. The molecule has 1 aliphatic rings. The summed E-state index contributed by atoms with van der Waals surface area (Å²) in [6, 6.07) is 1.34. The molecule has 4 nitrogen and oxygen atoms in total. The third-order valence-corrected chi connectivity index (χ3v) is 2.26. The Morgan fingerprint density at radius 1 is 1.44 bits per heavy atom. The van der Waals surface area contributed by atoms with Crippen LogP contribution in [0.3, 0.4) is 0 Å². The fraction of sp³-hybridized carbons (Fsp3) is 0.556. The van der Waals surface area contributed by atoms with Gasteiger partial charge >= 0.3 is 6.18 Å². The predicted molar refractivity (Wildman–Crippen MR) is 52.9 cm³/mol. The molecule has 0 aliphatic heterocycles. The number of nitrogens with two attached hydrogens (primary N) is 1. The molecule has 0 amide bonds. The van der Waals surface area contributed by atoms with E-state index in [1.54, 1.807) is 0 Å². The Kier molecular flexibility index (Phi) is 2.61. The molecule has 0 atom stereocenters. The second-order valence-corrected chi connectivity index (χ2v) is 3.76. The highest BCUT2D eigenvalue weighted by Crippen LogP contribution is 2.32. The Bertz CT molecular complexity index is 375. The Morgan fingerprint density at radius 2 is 2.12 bits per heavy atom. The van der Waals surface area contributed by atoms with Crippen LogP contribution in [-0.2, 0) is 0 Å². The summed E-state index contributed by atoms with van der Waals surface area (Å²) in [4.78, 5) is 8.79. The van der Waals surface area contributed by atoms with Crippen molar-refractivity contribution in [1.29, 1.82) is 0 Å². The van der Waals surface area contributed by atoms with Gasteiger partial charge < -0.3 is 10.6 Å². The van der Waals surface area contributed by atoms with Gasteiger partial charge in [0.1, 0.15) is 12.4 Å². The zero-order valence-electron chi connectivity index (χ0n) is 8.41. The summed E-state index contributed by atoms with van der Waals surface area (Å²) >= 11 is 0. The van der Waals surface area contributed by atoms with Crippen molar-refractivity contribution in [1.82, 2.24) is 9.97 Å². The van der Waals surface area contributed by atoms with E-state index in [2.05, 4.69) is 9.97 Å². The van der Waals surface area contributed by atoms with Gasteiger partial charge in [-0.05, 0) is 18.9 Å². The van der Waals surface area contributed by atoms with E-state index in [0.29, 0.717) is 0 Å². The fourth-order valence-corrected chi connectivity index (χ4v) is 1.44. The van der Waals surface area contributed by atoms with Crippen molar-refractivity contribution in [3.63, 3.8) is 0 Å². The number of hydrogen-bond acceptors (Lipinski definition) is 4. The number of rotatable bonds is 3. The van der Waals surface area contributed by atoms with Crippen molar-refractivity contribution in [3.05, 3.63) is 12.3 Å². The molecular formula is C9H11F3N4. The molecule has 2 N–H and O–H groups in total. The van der Waals surface area contributed by atoms with E-state index >= 15 is 0 Å². The third-order valence-electron chi connectivity index (χ3n) is 2.26. The van der Waals surface area contributed by atoms with Crippen LogP contribution in [-0.4, -0.2) is 28.7 Å². The molecule has 0 spiro atoms. The van der Waals surface area contributed by atoms with Crippen molar-refractivity contribution in [2.24, 2.45) is 0 Å². The predicted octanol–water partition coefficient (Wildman–Crippen LogP) is 1.59. The Balaban J connectivity index is 2.19. The summed E-state index contributed by atoms with van der Waals surface area (Å²) in [5.41, 5.74) is 5.42. The van der Waals surface area contributed by atoms with Crippen LogP contribution >= 0.6 is 0 Å². The molecular weight excluding hydrogens is 221 g/mol. The van der Waals surface area contributed by atoms with Gasteiger partial charge in [-0.2, -0.15) is 18.2 Å². The maximum atomic E-state index is 12.4. The second-order valence-electron chi connectivity index (χ2n) is 3.76. The zero-order valence-corrected chi connectivity index (χ0v) is 8.41. The van der Waals surface area contributed by atoms with E-state index < -0.39 is 12.7 Å². The quantitative estimate of drug-likeness (QED) is 0.859. The smallest absolute Gasteiger partial charge is 0.384 e. The SMILES string of the molecule is Nc1ccnc(N(CC(F)(F)F)C2CC2)n1. The van der Waals surface area contributed by atoms with Gasteiger partial charge in [0.2, 0.25) is 5.95 Å². The third kappa shape index (κ3) is 2.74. The number of hydrogen-bond donors (Lipinski definition) is 1. The van der Waals surface area contributed by atoms with Crippen molar-refractivity contribution in [2.45, 2.75) is 25.1 Å². The van der Waals surface area contributed by atoms with Gasteiger partial charge in [0, 0.05) is 12.2 Å². The first-order chi connectivity index (χ1) is 7.46. The second kappa shape index (κ2) is 3.80. The summed E-state index contributed by atoms with van der Waals surface area (Å²) in [5.74, 6) is 0.234. The monoisotopic (exact) mass is 232 g/mol. The minimum absolute atomic E-state index is 0.0554. The lowest BCUT2D eigenvalue weighted by Crippen LogP contribution is -2.37. The number of halogens is 3. The number of anilines is 2. The summed E-state index contributed by atoms with van der Waals surface area (Å²) in [5, 5.41) is 0. The Morgan fingerprint density at radius 3 is 2.62 bits per heavy atom. The maximum Gasteiger partial charge on any atom is 0.406 e. The van der Waals surface area contributed by atoms with Gasteiger partial charge in [0.05, 0.1) is 0 Å². The van der Waals surface area contributed by atoms with E-state index in [1.165, 1.54) is 12.3 Å². The van der Waals surface area contributed by atoms with Crippen molar-refractivity contribution >= 4 is 11.8 Å². The molecule has 1 saturated carbocycles. The largest absolute Gasteiger partial charge is 0.406 e. The first-order valence-electron chi connectivity index (χ1n) is 4.87. The molecule has 16 heavy (non-hydrogen) atoms. The van der Waals surface area contributed by atoms with E-state index in [4.69, 9.17) is 5.73 Å². The molecule has 0 bridgehead atoms. The lowest BCUT2D eigenvalue weighted by molar-refractivity contribution is -0.120. The summed E-state index contributed by atoms with van der Waals surface area (Å²) in [7, 11) is 0. The lowest BCUT2D eigenvalue weighted by atomic mass is 10.4. The number of nitrogens with zero attached hydrogens (tertiary/aromatic N) is 3. The van der Waals surface area contributed by atoms with Crippen LogP contribution in [0.15, 0.2) is 12.3 Å². The molecule has 1 aliphatic carbocycles. The number of aromatic nitrogens is 2. The van der Waals surface area contributed by atoms with Crippen molar-refractivity contribution in [2.75, 3.05) is 17.2 Å². The van der Waals surface area contributed by atoms with Crippen LogP contribution in [0.4, 0.5) is 24.9 Å². The molecule has 1 fully saturated rings. The van der Waals surface area contributed by atoms with Crippen LogP contribution < -0.4 is 10.6 Å². The molecule has 7 heteroatoms. The number of nitrogen functional groups attached to an aromatic ring is 1. The van der Waals surface area contributed by atoms with Gasteiger partial charge in [0.15, 0.2) is 0 Å². The molecule has 1 aromatic rings. The van der Waals surface area contributed by atoms with Gasteiger partial charge in [-0.3, -0.25) is 0 Å². The molecule has 2 rings (SSSR count). The van der Waals surface area contributed by atoms with Crippen molar-refractivity contribution < 1.29 is 13.2 Å². The van der Waals surface area contributed by atoms with E-state index in [0.717, 1.165) is 17.7 Å². The van der Waals surface area contributed by atoms with E-state index in [-0.39, 0.29) is 17.8 Å². The highest BCUT2D eigenvalue weighted by atomic mass is 19.4. The summed E-state index contributed by atoms with van der Waals surface area (Å²) < 4.78 is 37.1. The minimum Gasteiger partial charge on any atom is -0.384 e. The van der Waals surface area contributed by atoms with Crippen LogP contribution in [0.1, 0.15) is 12.8 Å². The zero-order chi connectivity index (χ0) is 11.8. The Labute approximate surface area is 90.3 Å².